The van der Waals surface area contributed by atoms with Crippen molar-refractivity contribution in [1.82, 2.24) is 15.2 Å². The Bertz CT molecular complexity index is 2450. The summed E-state index contributed by atoms with van der Waals surface area (Å²) < 4.78 is 49.8. The van der Waals surface area contributed by atoms with E-state index in [-0.39, 0.29) is 28.8 Å². The van der Waals surface area contributed by atoms with E-state index in [0.717, 1.165) is 61.9 Å². The molecule has 0 bridgehead atoms. The predicted octanol–water partition coefficient (Wildman–Crippen LogP) is 7.94. The molecule has 0 unspecified atom stereocenters. The highest BCUT2D eigenvalue weighted by Crippen LogP contribution is 2.40. The topological polar surface area (TPSA) is 181 Å². The molecule has 1 fully saturated rings. The highest BCUT2D eigenvalue weighted by atomic mass is 32.2. The van der Waals surface area contributed by atoms with Crippen molar-refractivity contribution in [3.8, 4) is 23.0 Å². The molecular formula is C44H53N7O8S. The molecule has 0 saturated carbocycles. The van der Waals surface area contributed by atoms with Crippen LogP contribution in [0, 0.1) is 0 Å². The predicted molar refractivity (Wildman–Crippen MR) is 236 cm³/mol. The van der Waals surface area contributed by atoms with Gasteiger partial charge in [0, 0.05) is 60.5 Å². The van der Waals surface area contributed by atoms with Crippen LogP contribution in [0.3, 0.4) is 0 Å². The van der Waals surface area contributed by atoms with Crippen LogP contribution in [0.5, 0.6) is 23.0 Å². The first-order valence-corrected chi connectivity index (χ1v) is 21.5. The number of fused-ring (bicyclic) bond motifs is 1. The maximum Gasteiger partial charge on any atom is 0.323 e. The monoisotopic (exact) mass is 839 g/mol. The van der Waals surface area contributed by atoms with Gasteiger partial charge in [0.1, 0.15) is 23.1 Å². The van der Waals surface area contributed by atoms with E-state index in [1.54, 1.807) is 60.8 Å². The SMILES string of the molecule is COc1cc(Nc2cc(Oc3ccc(NC(=O)Nc4cc(C(C)(C)C)cc(NS(C)(=O)=O)c4OC)c4ccccc34)ccn2)ccc1C(=O)N[C@@H](C)CCN1CCOCC1. The molecule has 3 amide bonds. The largest absolute Gasteiger partial charge is 0.496 e. The van der Waals surface area contributed by atoms with Crippen molar-refractivity contribution in [2.45, 2.75) is 45.6 Å². The van der Waals surface area contributed by atoms with Gasteiger partial charge >= 0.3 is 6.03 Å². The summed E-state index contributed by atoms with van der Waals surface area (Å²) in [5, 5.41) is 13.6. The van der Waals surface area contributed by atoms with Crippen molar-refractivity contribution in [2.24, 2.45) is 0 Å². The average molecular weight is 840 g/mol. The van der Waals surface area contributed by atoms with E-state index in [0.29, 0.717) is 45.7 Å². The Morgan fingerprint density at radius 1 is 0.867 bits per heavy atom. The Hall–Kier alpha value is -6.10. The molecule has 1 aliphatic rings. The standard InChI is InChI=1S/C44H53N7O8S/c1-28(17-19-51-20-22-58-23-21-51)46-42(52)34-13-12-30(26-39(34)56-5)47-40-27-31(16-18-45-40)59-38-15-14-35(32-10-8-9-11-33(32)38)48-43(53)49-36-24-29(44(2,3)4)25-37(41(36)57-6)50-60(7,54)55/h8-16,18,24-28,50H,17,19-23H2,1-7H3,(H,45,47)(H,46,52)(H2,48,49,53)/t28-/m0/s1. The molecule has 15 nitrogen and oxygen atoms in total. The molecule has 6 rings (SSSR count). The number of ether oxygens (including phenoxy) is 4. The number of nitrogens with one attached hydrogen (secondary N) is 5. The van der Waals surface area contributed by atoms with Gasteiger partial charge in [0.15, 0.2) is 5.75 Å². The molecule has 2 heterocycles. The molecule has 60 heavy (non-hydrogen) atoms. The average Bonchev–Trinajstić information content (AvgIpc) is 3.20. The molecule has 16 heteroatoms. The van der Waals surface area contributed by atoms with Crippen LogP contribution in [0.15, 0.2) is 85.1 Å². The van der Waals surface area contributed by atoms with Crippen molar-refractivity contribution >= 4 is 61.3 Å². The summed E-state index contributed by atoms with van der Waals surface area (Å²) in [4.78, 5) is 33.5. The molecule has 5 aromatic rings. The second kappa shape index (κ2) is 18.9. The number of carbonyl (C=O) groups is 2. The lowest BCUT2D eigenvalue weighted by Crippen LogP contribution is -2.40. The van der Waals surface area contributed by atoms with Crippen molar-refractivity contribution < 1.29 is 37.0 Å². The lowest BCUT2D eigenvalue weighted by Gasteiger charge is -2.27. The summed E-state index contributed by atoms with van der Waals surface area (Å²) >= 11 is 0. The number of aromatic nitrogens is 1. The van der Waals surface area contributed by atoms with Crippen molar-refractivity contribution in [3.05, 3.63) is 96.2 Å². The summed E-state index contributed by atoms with van der Waals surface area (Å²) in [7, 11) is -0.709. The second-order valence-corrected chi connectivity index (χ2v) is 17.3. The number of hydrogen-bond acceptors (Lipinski definition) is 11. The number of pyridine rings is 1. The Balaban J connectivity index is 1.14. The van der Waals surface area contributed by atoms with Gasteiger partial charge in [0.2, 0.25) is 10.0 Å². The highest BCUT2D eigenvalue weighted by Gasteiger charge is 2.23. The van der Waals surface area contributed by atoms with Gasteiger partial charge in [-0.3, -0.25) is 14.4 Å². The third kappa shape index (κ3) is 11.3. The number of carbonyl (C=O) groups excluding carboxylic acids is 2. The molecule has 1 atom stereocenters. The Morgan fingerprint density at radius 2 is 1.58 bits per heavy atom. The first-order valence-electron chi connectivity index (χ1n) is 19.6. The van der Waals surface area contributed by atoms with Crippen LogP contribution in [0.2, 0.25) is 0 Å². The quantitative estimate of drug-likeness (QED) is 0.0691. The summed E-state index contributed by atoms with van der Waals surface area (Å²) in [6.07, 6.45) is 3.50. The zero-order valence-electron chi connectivity index (χ0n) is 35.0. The molecule has 0 radical (unpaired) electrons. The van der Waals surface area contributed by atoms with Gasteiger partial charge in [-0.1, -0.05) is 45.0 Å². The number of benzene rings is 4. The van der Waals surface area contributed by atoms with E-state index >= 15 is 0 Å². The first-order chi connectivity index (χ1) is 28.6. The zero-order valence-corrected chi connectivity index (χ0v) is 35.8. The number of rotatable bonds is 15. The normalized spacial score (nSPS) is 13.8. The van der Waals surface area contributed by atoms with Crippen LogP contribution in [-0.4, -0.2) is 89.6 Å². The van der Waals surface area contributed by atoms with Crippen LogP contribution in [0.4, 0.5) is 33.4 Å². The minimum absolute atomic E-state index is 0.0197. The van der Waals surface area contributed by atoms with E-state index in [4.69, 9.17) is 18.9 Å². The van der Waals surface area contributed by atoms with Crippen LogP contribution in [0.25, 0.3) is 10.8 Å². The van der Waals surface area contributed by atoms with Crippen molar-refractivity contribution in [1.29, 1.82) is 0 Å². The van der Waals surface area contributed by atoms with E-state index in [2.05, 4.69) is 35.9 Å². The van der Waals surface area contributed by atoms with Gasteiger partial charge in [-0.2, -0.15) is 0 Å². The number of morpholine rings is 1. The van der Waals surface area contributed by atoms with E-state index in [9.17, 15) is 18.0 Å². The summed E-state index contributed by atoms with van der Waals surface area (Å²) in [6, 6.07) is 22.6. The molecule has 0 spiro atoms. The fourth-order valence-corrected chi connectivity index (χ4v) is 7.30. The molecular weight excluding hydrogens is 787 g/mol. The van der Waals surface area contributed by atoms with Crippen LogP contribution >= 0.6 is 0 Å². The summed E-state index contributed by atoms with van der Waals surface area (Å²) in [5.41, 5.74) is 2.52. The maximum absolute atomic E-state index is 13.5. The lowest BCUT2D eigenvalue weighted by atomic mass is 9.86. The molecule has 5 N–H and O–H groups in total. The molecule has 1 aromatic heterocycles. The van der Waals surface area contributed by atoms with E-state index in [1.807, 2.05) is 52.0 Å². The lowest BCUT2D eigenvalue weighted by molar-refractivity contribution is 0.0363. The number of amides is 3. The van der Waals surface area contributed by atoms with Crippen LogP contribution in [0.1, 0.15) is 50.0 Å². The molecule has 1 saturated heterocycles. The van der Waals surface area contributed by atoms with Crippen LogP contribution in [-0.2, 0) is 20.2 Å². The third-order valence-electron chi connectivity index (χ3n) is 9.87. The molecule has 1 aliphatic heterocycles. The van der Waals surface area contributed by atoms with Gasteiger partial charge in [-0.25, -0.2) is 18.2 Å². The Labute approximate surface area is 351 Å². The number of sulfonamides is 1. The smallest absolute Gasteiger partial charge is 0.323 e. The third-order valence-corrected chi connectivity index (χ3v) is 10.5. The Kier molecular flexibility index (Phi) is 13.7. The van der Waals surface area contributed by atoms with Crippen molar-refractivity contribution in [2.75, 3.05) is 74.0 Å². The van der Waals surface area contributed by atoms with Gasteiger partial charge in [-0.15, -0.1) is 0 Å². The van der Waals surface area contributed by atoms with Gasteiger partial charge < -0.3 is 40.2 Å². The van der Waals surface area contributed by atoms with Crippen LogP contribution < -0.4 is 40.2 Å². The Morgan fingerprint density at radius 3 is 2.28 bits per heavy atom. The van der Waals surface area contributed by atoms with Gasteiger partial charge in [0.05, 0.1) is 56.3 Å². The number of methoxy groups -OCH3 is 2. The highest BCUT2D eigenvalue weighted by molar-refractivity contribution is 7.92. The zero-order chi connectivity index (χ0) is 43.0. The van der Waals surface area contributed by atoms with E-state index < -0.39 is 16.1 Å². The minimum Gasteiger partial charge on any atom is -0.496 e. The molecule has 318 valence electrons. The first kappa shape index (κ1) is 43.5. The number of hydrogen-bond donors (Lipinski definition) is 5. The molecule has 4 aromatic carbocycles. The fourth-order valence-electron chi connectivity index (χ4n) is 6.74. The summed E-state index contributed by atoms with van der Waals surface area (Å²) in [6.45, 7) is 12.1. The molecule has 0 aliphatic carbocycles. The minimum atomic E-state index is -3.64. The van der Waals surface area contributed by atoms with Crippen molar-refractivity contribution in [3.63, 3.8) is 0 Å². The number of nitrogens with zero attached hydrogens (tertiary/aromatic N) is 2. The number of anilines is 5. The second-order valence-electron chi connectivity index (χ2n) is 15.6. The number of urea groups is 1. The van der Waals surface area contributed by atoms with Gasteiger partial charge in [-0.05, 0) is 66.8 Å². The fraction of sp³-hybridized carbons (Fsp3) is 0.341. The summed E-state index contributed by atoms with van der Waals surface area (Å²) in [5.74, 6) is 1.94. The van der Waals surface area contributed by atoms with E-state index in [1.165, 1.54) is 14.2 Å². The van der Waals surface area contributed by atoms with Gasteiger partial charge in [0.25, 0.3) is 5.91 Å². The maximum atomic E-state index is 13.5.